The Bertz CT molecular complexity index is 524. The maximum atomic E-state index is 5.78. The monoisotopic (exact) mass is 301 g/mol. The SMILES string of the molecule is CSC1(C(c2ccccc2)C(C)(C)C)C=CC(CN)=CC1. The number of benzene rings is 1. The van der Waals surface area contributed by atoms with Gasteiger partial charge in [-0.1, -0.05) is 69.3 Å². The fourth-order valence-electron chi connectivity index (χ4n) is 3.47. The van der Waals surface area contributed by atoms with Crippen molar-refractivity contribution in [3.63, 3.8) is 0 Å². The summed E-state index contributed by atoms with van der Waals surface area (Å²) in [6, 6.07) is 10.9. The van der Waals surface area contributed by atoms with E-state index in [9.17, 15) is 0 Å². The number of rotatable bonds is 4. The van der Waals surface area contributed by atoms with Crippen molar-refractivity contribution in [1.29, 1.82) is 0 Å². The lowest BCUT2D eigenvalue weighted by molar-refractivity contribution is 0.282. The number of thioether (sulfide) groups is 1. The lowest BCUT2D eigenvalue weighted by atomic mass is 9.67. The third-order valence-corrected chi connectivity index (χ3v) is 5.66. The Morgan fingerprint density at radius 1 is 1.24 bits per heavy atom. The van der Waals surface area contributed by atoms with Gasteiger partial charge in [-0.05, 0) is 29.2 Å². The molecule has 0 radical (unpaired) electrons. The summed E-state index contributed by atoms with van der Waals surface area (Å²) >= 11 is 1.96. The van der Waals surface area contributed by atoms with Crippen molar-refractivity contribution < 1.29 is 0 Å². The molecule has 0 aliphatic heterocycles. The molecule has 2 heteroatoms. The Balaban J connectivity index is 2.46. The van der Waals surface area contributed by atoms with Crippen molar-refractivity contribution in [2.45, 2.75) is 37.9 Å². The molecule has 0 saturated heterocycles. The van der Waals surface area contributed by atoms with Crippen molar-refractivity contribution in [2.75, 3.05) is 12.8 Å². The topological polar surface area (TPSA) is 26.0 Å². The Morgan fingerprint density at radius 2 is 1.90 bits per heavy atom. The molecule has 2 rings (SSSR count). The standard InChI is InChI=1S/C19H27NS/c1-18(2,3)17(16-8-6-5-7-9-16)19(21-4)12-10-15(14-20)11-13-19/h5-12,17H,13-14,20H2,1-4H3. The van der Waals surface area contributed by atoms with E-state index in [4.69, 9.17) is 5.73 Å². The highest BCUT2D eigenvalue weighted by atomic mass is 32.2. The molecular weight excluding hydrogens is 274 g/mol. The number of hydrogen-bond donors (Lipinski definition) is 1. The van der Waals surface area contributed by atoms with Gasteiger partial charge >= 0.3 is 0 Å². The van der Waals surface area contributed by atoms with E-state index >= 15 is 0 Å². The molecule has 2 unspecified atom stereocenters. The lowest BCUT2D eigenvalue weighted by Crippen LogP contribution is -2.39. The second kappa shape index (κ2) is 6.41. The minimum Gasteiger partial charge on any atom is -0.327 e. The quantitative estimate of drug-likeness (QED) is 0.867. The first kappa shape index (κ1) is 16.4. The smallest absolute Gasteiger partial charge is 0.0447 e. The van der Waals surface area contributed by atoms with Gasteiger partial charge in [0.2, 0.25) is 0 Å². The van der Waals surface area contributed by atoms with Crippen LogP contribution in [0.3, 0.4) is 0 Å². The van der Waals surface area contributed by atoms with Gasteiger partial charge < -0.3 is 5.73 Å². The van der Waals surface area contributed by atoms with Crippen LogP contribution in [0.1, 0.15) is 38.7 Å². The van der Waals surface area contributed by atoms with Crippen molar-refractivity contribution in [2.24, 2.45) is 11.1 Å². The van der Waals surface area contributed by atoms with Gasteiger partial charge in [-0.25, -0.2) is 0 Å². The predicted molar refractivity (Wildman–Crippen MR) is 95.8 cm³/mol. The molecule has 1 aromatic rings. The van der Waals surface area contributed by atoms with E-state index < -0.39 is 0 Å². The Morgan fingerprint density at radius 3 is 2.33 bits per heavy atom. The molecule has 114 valence electrons. The summed E-state index contributed by atoms with van der Waals surface area (Å²) in [5.74, 6) is 0.466. The molecular formula is C19H27NS. The van der Waals surface area contributed by atoms with Crippen molar-refractivity contribution >= 4 is 11.8 Å². The minimum atomic E-state index is 0.109. The van der Waals surface area contributed by atoms with Crippen LogP contribution in [0.5, 0.6) is 0 Å². The van der Waals surface area contributed by atoms with Crippen LogP contribution in [0.25, 0.3) is 0 Å². The molecule has 0 aromatic heterocycles. The van der Waals surface area contributed by atoms with E-state index in [0.29, 0.717) is 12.5 Å². The Kier molecular flexibility index (Phi) is 5.00. The Labute approximate surface area is 133 Å². The molecule has 0 heterocycles. The number of hydrogen-bond acceptors (Lipinski definition) is 2. The maximum absolute atomic E-state index is 5.78. The summed E-state index contributed by atoms with van der Waals surface area (Å²) in [4.78, 5) is 0. The molecule has 1 aliphatic rings. The summed E-state index contributed by atoms with van der Waals surface area (Å²) in [5.41, 5.74) is 8.65. The predicted octanol–water partition coefficient (Wildman–Crippen LogP) is 4.76. The van der Waals surface area contributed by atoms with Crippen LogP contribution in [0.15, 0.2) is 54.1 Å². The van der Waals surface area contributed by atoms with Gasteiger partial charge in [-0.15, -0.1) is 0 Å². The lowest BCUT2D eigenvalue weighted by Gasteiger charge is -2.46. The highest BCUT2D eigenvalue weighted by molar-refractivity contribution is 8.00. The zero-order valence-electron chi connectivity index (χ0n) is 13.6. The normalized spacial score (nSPS) is 23.8. The first-order valence-corrected chi connectivity index (χ1v) is 8.84. The fraction of sp³-hybridized carbons (Fsp3) is 0.474. The van der Waals surface area contributed by atoms with E-state index in [2.05, 4.69) is 75.6 Å². The van der Waals surface area contributed by atoms with E-state index in [1.54, 1.807) is 0 Å². The Hall–Kier alpha value is -0.990. The highest BCUT2D eigenvalue weighted by Crippen LogP contribution is 2.52. The molecule has 1 nitrogen and oxygen atoms in total. The van der Waals surface area contributed by atoms with Gasteiger partial charge in [0.25, 0.3) is 0 Å². The molecule has 1 aliphatic carbocycles. The van der Waals surface area contributed by atoms with E-state index in [1.165, 1.54) is 11.1 Å². The van der Waals surface area contributed by atoms with E-state index in [1.807, 2.05) is 11.8 Å². The van der Waals surface area contributed by atoms with Crippen LogP contribution < -0.4 is 5.73 Å². The first-order chi connectivity index (χ1) is 9.93. The zero-order chi connectivity index (χ0) is 15.5. The summed E-state index contributed by atoms with van der Waals surface area (Å²) in [7, 11) is 0. The van der Waals surface area contributed by atoms with Crippen LogP contribution >= 0.6 is 11.8 Å². The van der Waals surface area contributed by atoms with Crippen LogP contribution in [-0.4, -0.2) is 17.5 Å². The molecule has 0 amide bonds. The summed E-state index contributed by atoms with van der Waals surface area (Å²) in [6.45, 7) is 7.67. The van der Waals surface area contributed by atoms with E-state index in [0.717, 1.165) is 6.42 Å². The summed E-state index contributed by atoms with van der Waals surface area (Å²) < 4.78 is 0.109. The zero-order valence-corrected chi connectivity index (χ0v) is 14.4. The number of nitrogens with two attached hydrogens (primary N) is 1. The van der Waals surface area contributed by atoms with Crippen molar-refractivity contribution in [3.8, 4) is 0 Å². The fourth-order valence-corrected chi connectivity index (χ4v) is 4.65. The molecule has 0 fully saturated rings. The largest absolute Gasteiger partial charge is 0.327 e. The first-order valence-electron chi connectivity index (χ1n) is 7.61. The second-order valence-electron chi connectivity index (χ2n) is 6.89. The van der Waals surface area contributed by atoms with Gasteiger partial charge in [0.1, 0.15) is 0 Å². The molecule has 2 N–H and O–H groups in total. The van der Waals surface area contributed by atoms with Crippen molar-refractivity contribution in [1.82, 2.24) is 0 Å². The summed E-state index contributed by atoms with van der Waals surface area (Å²) in [5, 5.41) is 0. The number of allylic oxidation sites excluding steroid dienone is 1. The maximum Gasteiger partial charge on any atom is 0.0447 e. The molecule has 0 spiro atoms. The van der Waals surface area contributed by atoms with Crippen molar-refractivity contribution in [3.05, 3.63) is 59.7 Å². The molecule has 0 bridgehead atoms. The molecule has 2 atom stereocenters. The van der Waals surface area contributed by atoms with Crippen LogP contribution in [0, 0.1) is 5.41 Å². The van der Waals surface area contributed by atoms with E-state index in [-0.39, 0.29) is 10.2 Å². The third kappa shape index (κ3) is 3.44. The van der Waals surface area contributed by atoms with Crippen LogP contribution in [0.2, 0.25) is 0 Å². The second-order valence-corrected chi connectivity index (χ2v) is 8.06. The van der Waals surface area contributed by atoms with Gasteiger partial charge in [0, 0.05) is 17.2 Å². The van der Waals surface area contributed by atoms with Crippen LogP contribution in [-0.2, 0) is 0 Å². The van der Waals surface area contributed by atoms with Gasteiger partial charge in [0.05, 0.1) is 0 Å². The third-order valence-electron chi connectivity index (χ3n) is 4.37. The van der Waals surface area contributed by atoms with Gasteiger partial charge in [0.15, 0.2) is 0 Å². The molecule has 21 heavy (non-hydrogen) atoms. The highest BCUT2D eigenvalue weighted by Gasteiger charge is 2.43. The van der Waals surface area contributed by atoms with Gasteiger partial charge in [-0.2, -0.15) is 11.8 Å². The van der Waals surface area contributed by atoms with Crippen LogP contribution in [0.4, 0.5) is 0 Å². The summed E-state index contributed by atoms with van der Waals surface area (Å²) in [6.07, 6.45) is 10.2. The average Bonchev–Trinajstić information content (AvgIpc) is 2.48. The minimum absolute atomic E-state index is 0.109. The average molecular weight is 301 g/mol. The molecule has 0 saturated carbocycles. The molecule has 1 aromatic carbocycles. The van der Waals surface area contributed by atoms with Gasteiger partial charge in [-0.3, -0.25) is 0 Å².